The lowest BCUT2D eigenvalue weighted by molar-refractivity contribution is 0.900. The lowest BCUT2D eigenvalue weighted by Crippen LogP contribution is -2.13. The number of aryl methyl sites for hydroxylation is 2. The molecule has 3 rings (SSSR count). The Morgan fingerprint density at radius 3 is 2.11 bits per heavy atom. The fourth-order valence-corrected chi connectivity index (χ4v) is 2.62. The summed E-state index contributed by atoms with van der Waals surface area (Å²) < 4.78 is 0. The fraction of sp³-hybridized carbons (Fsp3) is 0.308. The van der Waals surface area contributed by atoms with Crippen LogP contribution in [-0.4, -0.2) is 0 Å². The summed E-state index contributed by atoms with van der Waals surface area (Å²) in [5.74, 6) is 0. The van der Waals surface area contributed by atoms with E-state index >= 15 is 0 Å². The third kappa shape index (κ3) is 9.65. The van der Waals surface area contributed by atoms with Gasteiger partial charge in [0.15, 0.2) is 0 Å². The van der Waals surface area contributed by atoms with E-state index in [2.05, 4.69) is 92.5 Å². The van der Waals surface area contributed by atoms with Gasteiger partial charge in [-0.05, 0) is 43.4 Å². The molecule has 0 aromatic heterocycles. The second kappa shape index (κ2) is 13.6. The maximum Gasteiger partial charge on any atom is 0.0338 e. The molecule has 0 aliphatic heterocycles. The number of nitrogens with one attached hydrogen (secondary N) is 1. The maximum absolute atomic E-state index is 4.08. The van der Waals surface area contributed by atoms with Crippen LogP contribution in [0.2, 0.25) is 0 Å². The van der Waals surface area contributed by atoms with E-state index in [0.29, 0.717) is 0 Å². The van der Waals surface area contributed by atoms with Gasteiger partial charge in [-0.15, -0.1) is 0 Å². The second-order valence-corrected chi connectivity index (χ2v) is 6.37. The molecule has 0 radical (unpaired) electrons. The van der Waals surface area contributed by atoms with E-state index in [1.165, 1.54) is 22.4 Å². The highest BCUT2D eigenvalue weighted by Crippen LogP contribution is 2.11. The first-order valence-corrected chi connectivity index (χ1v) is 10.1. The molecule has 0 unspecified atom stereocenters. The number of rotatable bonds is 5. The normalized spacial score (nSPS) is 11.9. The minimum atomic E-state index is 0.880. The van der Waals surface area contributed by atoms with Gasteiger partial charge in [-0.1, -0.05) is 99.7 Å². The van der Waals surface area contributed by atoms with Crippen LogP contribution in [0.3, 0.4) is 0 Å². The molecule has 0 heterocycles. The van der Waals surface area contributed by atoms with Crippen LogP contribution in [0.5, 0.6) is 0 Å². The lowest BCUT2D eigenvalue weighted by atomic mass is 10.1. The van der Waals surface area contributed by atoms with Gasteiger partial charge in [-0.3, -0.25) is 0 Å². The third-order valence-electron chi connectivity index (χ3n) is 4.11. The quantitative estimate of drug-likeness (QED) is 0.596. The average Bonchev–Trinajstić information content (AvgIpc) is 2.73. The summed E-state index contributed by atoms with van der Waals surface area (Å²) in [6.07, 6.45) is 10.8. The Kier molecular flexibility index (Phi) is 11.4. The largest absolute Gasteiger partial charge is 0.359 e. The number of allylic oxidation sites excluding steroid dienone is 4. The predicted octanol–water partition coefficient (Wildman–Crippen LogP) is 7.15. The van der Waals surface area contributed by atoms with Crippen molar-refractivity contribution < 1.29 is 0 Å². The number of hydrogen-bond donors (Lipinski definition) is 1. The van der Waals surface area contributed by atoms with Gasteiger partial charge in [0.2, 0.25) is 0 Å². The molecular formula is C26H35N. The monoisotopic (exact) mass is 361 g/mol. The summed E-state index contributed by atoms with van der Waals surface area (Å²) in [7, 11) is 0. The van der Waals surface area contributed by atoms with Crippen LogP contribution in [0.15, 0.2) is 90.8 Å². The van der Waals surface area contributed by atoms with Crippen LogP contribution >= 0.6 is 0 Å². The Labute approximate surface area is 166 Å². The lowest BCUT2D eigenvalue weighted by Gasteiger charge is -2.13. The summed E-state index contributed by atoms with van der Waals surface area (Å²) in [6, 6.07) is 19.1. The van der Waals surface area contributed by atoms with E-state index in [1.54, 1.807) is 0 Å². The van der Waals surface area contributed by atoms with Gasteiger partial charge in [0.05, 0.1) is 0 Å². The van der Waals surface area contributed by atoms with Gasteiger partial charge >= 0.3 is 0 Å². The topological polar surface area (TPSA) is 12.0 Å². The molecule has 1 heteroatoms. The van der Waals surface area contributed by atoms with Crippen molar-refractivity contribution in [3.63, 3.8) is 0 Å². The van der Waals surface area contributed by atoms with E-state index in [-0.39, 0.29) is 0 Å². The molecule has 144 valence electrons. The van der Waals surface area contributed by atoms with Crippen molar-refractivity contribution in [2.75, 3.05) is 0 Å². The molecule has 2 aromatic rings. The van der Waals surface area contributed by atoms with Crippen molar-refractivity contribution in [3.05, 3.63) is 107 Å². The minimum absolute atomic E-state index is 0.880. The van der Waals surface area contributed by atoms with E-state index < -0.39 is 0 Å². The fourth-order valence-electron chi connectivity index (χ4n) is 2.62. The molecule has 0 bridgehead atoms. The zero-order valence-electron chi connectivity index (χ0n) is 17.5. The molecule has 0 amide bonds. The zero-order valence-corrected chi connectivity index (χ0v) is 17.5. The molecule has 1 nitrogen and oxygen atoms in total. The van der Waals surface area contributed by atoms with Crippen molar-refractivity contribution in [3.8, 4) is 0 Å². The molecular weight excluding hydrogens is 326 g/mol. The van der Waals surface area contributed by atoms with E-state index in [4.69, 9.17) is 0 Å². The van der Waals surface area contributed by atoms with Crippen LogP contribution in [0.25, 0.3) is 0 Å². The summed E-state index contributed by atoms with van der Waals surface area (Å²) in [6.45, 7) is 12.3. The Balaban J connectivity index is 0.000000305. The predicted molar refractivity (Wildman–Crippen MR) is 121 cm³/mol. The molecule has 0 spiro atoms. The molecule has 1 aliphatic rings. The first-order chi connectivity index (χ1) is 13.2. The second-order valence-electron chi connectivity index (χ2n) is 6.37. The molecule has 0 atom stereocenters. The molecule has 0 saturated heterocycles. The summed E-state index contributed by atoms with van der Waals surface area (Å²) in [5, 5.41) is 3.36. The third-order valence-corrected chi connectivity index (χ3v) is 4.11. The summed E-state index contributed by atoms with van der Waals surface area (Å²) in [4.78, 5) is 0. The number of hydrogen-bond acceptors (Lipinski definition) is 1. The summed E-state index contributed by atoms with van der Waals surface area (Å²) >= 11 is 0. The van der Waals surface area contributed by atoms with Crippen molar-refractivity contribution >= 4 is 0 Å². The molecule has 0 fully saturated rings. The highest BCUT2D eigenvalue weighted by molar-refractivity contribution is 5.28. The van der Waals surface area contributed by atoms with Gasteiger partial charge in [-0.25, -0.2) is 0 Å². The zero-order chi connectivity index (χ0) is 19.9. The highest BCUT2D eigenvalue weighted by Gasteiger charge is 2.00. The minimum Gasteiger partial charge on any atom is -0.359 e. The van der Waals surface area contributed by atoms with Crippen LogP contribution in [0, 0.1) is 6.92 Å². The summed E-state index contributed by atoms with van der Waals surface area (Å²) in [5.41, 5.74) is 6.23. The molecule has 27 heavy (non-hydrogen) atoms. The Hall–Kier alpha value is -2.54. The van der Waals surface area contributed by atoms with Crippen LogP contribution < -0.4 is 5.32 Å². The Morgan fingerprint density at radius 2 is 1.59 bits per heavy atom. The first-order valence-electron chi connectivity index (χ1n) is 10.1. The van der Waals surface area contributed by atoms with Crippen molar-refractivity contribution in [2.24, 2.45) is 0 Å². The van der Waals surface area contributed by atoms with Gasteiger partial charge in [0, 0.05) is 17.8 Å². The first kappa shape index (κ1) is 22.5. The smallest absolute Gasteiger partial charge is 0.0338 e. The molecule has 0 saturated carbocycles. The van der Waals surface area contributed by atoms with Gasteiger partial charge in [0.25, 0.3) is 0 Å². The van der Waals surface area contributed by atoms with Crippen molar-refractivity contribution in [1.82, 2.24) is 5.32 Å². The van der Waals surface area contributed by atoms with Crippen LogP contribution in [0.1, 0.15) is 50.3 Å². The van der Waals surface area contributed by atoms with E-state index in [1.807, 2.05) is 19.9 Å². The highest BCUT2D eigenvalue weighted by atomic mass is 14.9. The maximum atomic E-state index is 4.08. The SMILES string of the molecule is C=C(Cc1ccc(C)cc1)NC1=CCCC=C1.CC.CCc1ccccc1. The average molecular weight is 362 g/mol. The van der Waals surface area contributed by atoms with Gasteiger partial charge < -0.3 is 5.32 Å². The van der Waals surface area contributed by atoms with Crippen LogP contribution in [0.4, 0.5) is 0 Å². The van der Waals surface area contributed by atoms with Crippen molar-refractivity contribution in [1.29, 1.82) is 0 Å². The Bertz CT molecular complexity index is 706. The van der Waals surface area contributed by atoms with E-state index in [0.717, 1.165) is 31.4 Å². The van der Waals surface area contributed by atoms with Crippen molar-refractivity contribution in [2.45, 2.75) is 53.4 Å². The van der Waals surface area contributed by atoms with Gasteiger partial charge in [0.1, 0.15) is 0 Å². The molecule has 1 N–H and O–H groups in total. The Morgan fingerprint density at radius 1 is 0.926 bits per heavy atom. The molecule has 2 aromatic carbocycles. The number of benzene rings is 2. The van der Waals surface area contributed by atoms with Gasteiger partial charge in [-0.2, -0.15) is 0 Å². The van der Waals surface area contributed by atoms with E-state index in [9.17, 15) is 0 Å². The molecule has 1 aliphatic carbocycles. The standard InChI is InChI=1S/C16H19N.C8H10.C2H6/c1-13-8-10-15(11-9-13)12-14(2)17-16-6-4-3-5-7-16;1-2-8-6-4-3-5-7-8;1-2/h4,6-11,17H,2-3,5,12H2,1H3;3-7H,2H2,1H3;1-2H3. The van der Waals surface area contributed by atoms with Crippen LogP contribution in [-0.2, 0) is 12.8 Å².